The number of methoxy groups -OCH3 is 3. The van der Waals surface area contributed by atoms with Gasteiger partial charge < -0.3 is 23.4 Å². The lowest BCUT2D eigenvalue weighted by Crippen LogP contribution is -2.28. The van der Waals surface area contributed by atoms with Crippen molar-refractivity contribution in [2.75, 3.05) is 34.2 Å². The molecule has 1 unspecified atom stereocenters. The summed E-state index contributed by atoms with van der Waals surface area (Å²) in [6.07, 6.45) is 4.88. The maximum Gasteiger partial charge on any atom is 0.330 e. The van der Waals surface area contributed by atoms with Gasteiger partial charge in [0, 0.05) is 12.3 Å². The first kappa shape index (κ1) is 24.3. The van der Waals surface area contributed by atoms with Gasteiger partial charge in [0.2, 0.25) is 5.75 Å². The molecule has 0 fully saturated rings. The number of hydrogen-bond acceptors (Lipinski definition) is 6. The Morgan fingerprint density at radius 3 is 2.21 bits per heavy atom. The van der Waals surface area contributed by atoms with E-state index < -0.39 is 8.32 Å². The Bertz CT molecular complexity index is 630. The average Bonchev–Trinajstić information content (AvgIpc) is 2.64. The van der Waals surface area contributed by atoms with Crippen LogP contribution in [0.4, 0.5) is 0 Å². The molecule has 0 bridgehead atoms. The van der Waals surface area contributed by atoms with Crippen LogP contribution in [0.15, 0.2) is 18.2 Å². The number of hydrogen-bond donors (Lipinski definition) is 0. The van der Waals surface area contributed by atoms with Gasteiger partial charge in [-0.25, -0.2) is 4.79 Å². The highest BCUT2D eigenvalue weighted by Gasteiger charge is 2.15. The second-order valence-corrected chi connectivity index (χ2v) is 14.5. The number of carbonyl (C=O) groups excluding carboxylic acids is 1. The van der Waals surface area contributed by atoms with Crippen molar-refractivity contribution in [3.8, 4) is 17.2 Å². The molecule has 1 aromatic rings. The van der Waals surface area contributed by atoms with Gasteiger partial charge >= 0.3 is 5.97 Å². The third kappa shape index (κ3) is 8.94. The lowest BCUT2D eigenvalue weighted by Gasteiger charge is -2.18. The minimum absolute atomic E-state index is 0.300. The normalized spacial score (nSPS) is 13.1. The van der Waals surface area contributed by atoms with E-state index in [0.29, 0.717) is 29.4 Å². The summed E-state index contributed by atoms with van der Waals surface area (Å²) >= 11 is 0. The van der Waals surface area contributed by atoms with Crippen molar-refractivity contribution in [2.45, 2.75) is 38.5 Å². The molecule has 0 N–H and O–H groups in total. The molecule has 0 aliphatic heterocycles. The average molecular weight is 427 g/mol. The van der Waals surface area contributed by atoms with Crippen molar-refractivity contribution in [2.24, 2.45) is 0 Å². The molecule has 1 rings (SSSR count). The van der Waals surface area contributed by atoms with E-state index in [9.17, 15) is 4.79 Å². The van der Waals surface area contributed by atoms with Crippen LogP contribution in [0.3, 0.4) is 0 Å². The fourth-order valence-corrected chi connectivity index (χ4v) is 6.26. The van der Waals surface area contributed by atoms with E-state index in [1.165, 1.54) is 6.08 Å². The molecule has 0 aromatic heterocycles. The van der Waals surface area contributed by atoms with Crippen molar-refractivity contribution < 1.29 is 28.2 Å². The summed E-state index contributed by atoms with van der Waals surface area (Å²) in [5, 5.41) is 0. The molecule has 158 valence electrons. The molecular weight excluding hydrogens is 392 g/mol. The maximum atomic E-state index is 12.0. The van der Waals surface area contributed by atoms with Gasteiger partial charge in [0.25, 0.3) is 0 Å². The fraction of sp³-hybridized carbons (Fsp3) is 0.550. The zero-order valence-corrected chi connectivity index (χ0v) is 20.6. The molecule has 0 heterocycles. The summed E-state index contributed by atoms with van der Waals surface area (Å²) in [6.45, 7) is 9.25. The first-order valence-corrected chi connectivity index (χ1v) is 14.7. The van der Waals surface area contributed by atoms with E-state index in [2.05, 4.69) is 26.6 Å². The minimum Gasteiger partial charge on any atom is -0.493 e. The molecule has 0 amide bonds. The fourth-order valence-electron chi connectivity index (χ4n) is 2.48. The van der Waals surface area contributed by atoms with Gasteiger partial charge in [-0.15, -0.1) is 0 Å². The summed E-state index contributed by atoms with van der Waals surface area (Å²) < 4.78 is 27.2. The highest BCUT2D eigenvalue weighted by molar-refractivity contribution is 6.70. The molecule has 6 nitrogen and oxygen atoms in total. The molecule has 0 saturated carbocycles. The Hall–Kier alpha value is -1.78. The molecule has 0 aliphatic rings. The van der Waals surface area contributed by atoms with Crippen LogP contribution in [0, 0.1) is 0 Å². The van der Waals surface area contributed by atoms with Crippen LogP contribution in [0.5, 0.6) is 17.2 Å². The maximum absolute atomic E-state index is 12.0. The number of benzene rings is 1. The second kappa shape index (κ2) is 11.9. The number of esters is 1. The zero-order valence-electron chi connectivity index (χ0n) is 18.2. The van der Waals surface area contributed by atoms with Crippen molar-refractivity contribution in [3.05, 3.63) is 23.8 Å². The van der Waals surface area contributed by atoms with Gasteiger partial charge in [-0.1, -0.05) is 6.92 Å². The van der Waals surface area contributed by atoms with E-state index in [0.717, 1.165) is 18.2 Å². The Kier molecular flexibility index (Phi) is 10.3. The highest BCUT2D eigenvalue weighted by atomic mass is 28.4. The Morgan fingerprint density at radius 2 is 1.71 bits per heavy atom. The molecule has 1 aromatic carbocycles. The van der Waals surface area contributed by atoms with Crippen LogP contribution < -0.4 is 14.2 Å². The van der Waals surface area contributed by atoms with Gasteiger partial charge in [-0.3, -0.25) is 0 Å². The molecule has 0 radical (unpaired) electrons. The second-order valence-electron chi connectivity index (χ2n) is 7.60. The summed E-state index contributed by atoms with van der Waals surface area (Å²) in [4.78, 5) is 12.0. The van der Waals surface area contributed by atoms with Crippen LogP contribution in [-0.2, 0) is 14.0 Å². The monoisotopic (exact) mass is 426 g/mol. The van der Waals surface area contributed by atoms with Crippen molar-refractivity contribution in [3.63, 3.8) is 0 Å². The molecule has 0 spiro atoms. The molecule has 0 aliphatic carbocycles. The zero-order chi connectivity index (χ0) is 21.2. The standard InChI is InChI=1S/C20H34O6Si2/c1-15(27-14-26-28(5,6)7)10-11-25-19(21)9-8-16-12-17(22-2)20(24-4)18(13-16)23-3/h8-9,12-13,15H,10-11,14,27H2,1-7H3. The Balaban J connectivity index is 2.50. The first-order chi connectivity index (χ1) is 13.2. The molecule has 28 heavy (non-hydrogen) atoms. The van der Waals surface area contributed by atoms with Gasteiger partial charge in [-0.05, 0) is 55.4 Å². The van der Waals surface area contributed by atoms with E-state index in [1.807, 2.05) is 0 Å². The van der Waals surface area contributed by atoms with Crippen LogP contribution in [0.25, 0.3) is 6.08 Å². The Labute approximate surface area is 172 Å². The quantitative estimate of drug-likeness (QED) is 0.290. The van der Waals surface area contributed by atoms with E-state index in [1.54, 1.807) is 39.5 Å². The van der Waals surface area contributed by atoms with Crippen LogP contribution in [0.2, 0.25) is 25.2 Å². The third-order valence-electron chi connectivity index (χ3n) is 4.10. The largest absolute Gasteiger partial charge is 0.493 e. The predicted octanol–water partition coefficient (Wildman–Crippen LogP) is 3.45. The molecule has 8 heteroatoms. The number of ether oxygens (including phenoxy) is 4. The first-order valence-electron chi connectivity index (χ1n) is 9.49. The summed E-state index contributed by atoms with van der Waals surface area (Å²) in [7, 11) is 2.94. The Morgan fingerprint density at radius 1 is 1.11 bits per heavy atom. The van der Waals surface area contributed by atoms with Gasteiger partial charge in [-0.2, -0.15) is 0 Å². The summed E-state index contributed by atoms with van der Waals surface area (Å²) in [5.74, 6) is 1.23. The van der Waals surface area contributed by atoms with E-state index >= 15 is 0 Å². The van der Waals surface area contributed by atoms with E-state index in [-0.39, 0.29) is 15.5 Å². The topological polar surface area (TPSA) is 63.2 Å². The van der Waals surface area contributed by atoms with Crippen LogP contribution in [0.1, 0.15) is 18.9 Å². The van der Waals surface area contributed by atoms with Crippen molar-refractivity contribution >= 4 is 29.9 Å². The molecular formula is C20H34O6Si2. The van der Waals surface area contributed by atoms with Gasteiger partial charge in [0.05, 0.1) is 37.5 Å². The molecule has 1 atom stereocenters. The SMILES string of the molecule is COc1cc(C=CC(=O)OCCC(C)[SiH2]CO[Si](C)(C)C)cc(OC)c1OC. The van der Waals surface area contributed by atoms with Crippen LogP contribution in [-0.4, -0.2) is 58.0 Å². The van der Waals surface area contributed by atoms with Gasteiger partial charge in [0.1, 0.15) is 0 Å². The number of rotatable bonds is 12. The minimum atomic E-state index is -1.42. The summed E-state index contributed by atoms with van der Waals surface area (Å²) in [6, 6.07) is 3.55. The highest BCUT2D eigenvalue weighted by Crippen LogP contribution is 2.38. The van der Waals surface area contributed by atoms with Crippen molar-refractivity contribution in [1.29, 1.82) is 0 Å². The molecule has 0 saturated heterocycles. The van der Waals surface area contributed by atoms with Crippen molar-refractivity contribution in [1.82, 2.24) is 0 Å². The lowest BCUT2D eigenvalue weighted by molar-refractivity contribution is -0.137. The summed E-state index contributed by atoms with van der Waals surface area (Å²) in [5.41, 5.74) is 1.35. The lowest BCUT2D eigenvalue weighted by atomic mass is 10.1. The van der Waals surface area contributed by atoms with Gasteiger partial charge in [0.15, 0.2) is 19.8 Å². The third-order valence-corrected chi connectivity index (χ3v) is 7.41. The predicted molar refractivity (Wildman–Crippen MR) is 118 cm³/mol. The smallest absolute Gasteiger partial charge is 0.330 e. The van der Waals surface area contributed by atoms with Crippen LogP contribution >= 0.6 is 0 Å². The number of carbonyl (C=O) groups is 1. The van der Waals surface area contributed by atoms with E-state index in [4.69, 9.17) is 23.4 Å².